The van der Waals surface area contributed by atoms with Crippen LogP contribution in [-0.4, -0.2) is 42.3 Å². The maximum Gasteiger partial charge on any atom is 0.323 e. The standard InChI is InChI=1S/C14H21NO3/c1-14(2,13(16)17)15(3)12(10-18-4)11-8-6-5-7-9-11/h5-9,12H,10H2,1-4H3,(H,16,17). The number of benzene rings is 1. The first-order valence-electron chi connectivity index (χ1n) is 5.91. The highest BCUT2D eigenvalue weighted by Crippen LogP contribution is 2.27. The van der Waals surface area contributed by atoms with Crippen LogP contribution in [0.15, 0.2) is 30.3 Å². The molecule has 4 nitrogen and oxygen atoms in total. The van der Waals surface area contributed by atoms with Crippen LogP contribution in [0.5, 0.6) is 0 Å². The Morgan fingerprint density at radius 2 is 1.94 bits per heavy atom. The van der Waals surface area contributed by atoms with Gasteiger partial charge in [0.1, 0.15) is 5.54 Å². The third-order valence-corrected chi connectivity index (χ3v) is 3.38. The van der Waals surface area contributed by atoms with Crippen LogP contribution in [0.2, 0.25) is 0 Å². The molecule has 1 aromatic rings. The second kappa shape index (κ2) is 5.98. The van der Waals surface area contributed by atoms with Gasteiger partial charge in [0.05, 0.1) is 12.6 Å². The van der Waals surface area contributed by atoms with Gasteiger partial charge in [0.25, 0.3) is 0 Å². The molecule has 1 atom stereocenters. The van der Waals surface area contributed by atoms with Gasteiger partial charge < -0.3 is 9.84 Å². The summed E-state index contributed by atoms with van der Waals surface area (Å²) in [7, 11) is 3.43. The van der Waals surface area contributed by atoms with Crippen LogP contribution >= 0.6 is 0 Å². The number of nitrogens with zero attached hydrogens (tertiary/aromatic N) is 1. The van der Waals surface area contributed by atoms with Crippen molar-refractivity contribution in [3.8, 4) is 0 Å². The van der Waals surface area contributed by atoms with Gasteiger partial charge >= 0.3 is 5.97 Å². The lowest BCUT2D eigenvalue weighted by Gasteiger charge is -2.38. The number of carbonyl (C=O) groups is 1. The Bertz CT molecular complexity index is 389. The van der Waals surface area contributed by atoms with Crippen molar-refractivity contribution < 1.29 is 14.6 Å². The molecule has 4 heteroatoms. The molecule has 0 aliphatic rings. The van der Waals surface area contributed by atoms with E-state index < -0.39 is 11.5 Å². The molecule has 0 amide bonds. The minimum Gasteiger partial charge on any atom is -0.480 e. The summed E-state index contributed by atoms with van der Waals surface area (Å²) in [5.74, 6) is -0.845. The van der Waals surface area contributed by atoms with E-state index in [1.165, 1.54) is 0 Å². The van der Waals surface area contributed by atoms with Gasteiger partial charge in [0.2, 0.25) is 0 Å². The van der Waals surface area contributed by atoms with Crippen LogP contribution in [0.3, 0.4) is 0 Å². The molecule has 0 heterocycles. The summed E-state index contributed by atoms with van der Waals surface area (Å²) in [6.45, 7) is 3.85. The molecule has 1 rings (SSSR count). The molecule has 0 spiro atoms. The van der Waals surface area contributed by atoms with E-state index in [-0.39, 0.29) is 6.04 Å². The Morgan fingerprint density at radius 1 is 1.39 bits per heavy atom. The van der Waals surface area contributed by atoms with Crippen molar-refractivity contribution in [2.45, 2.75) is 25.4 Å². The molecule has 0 bridgehead atoms. The van der Waals surface area contributed by atoms with Crippen LogP contribution in [-0.2, 0) is 9.53 Å². The molecule has 18 heavy (non-hydrogen) atoms. The van der Waals surface area contributed by atoms with Crippen LogP contribution < -0.4 is 0 Å². The Balaban J connectivity index is 3.03. The van der Waals surface area contributed by atoms with Crippen molar-refractivity contribution in [3.63, 3.8) is 0 Å². The lowest BCUT2D eigenvalue weighted by molar-refractivity contribution is -0.150. The molecule has 0 aliphatic heterocycles. The van der Waals surface area contributed by atoms with E-state index in [4.69, 9.17) is 4.74 Å². The molecule has 1 aromatic carbocycles. The van der Waals surface area contributed by atoms with E-state index in [2.05, 4.69) is 0 Å². The predicted octanol–water partition coefficient (Wildman–Crippen LogP) is 2.17. The van der Waals surface area contributed by atoms with Gasteiger partial charge in [0.15, 0.2) is 0 Å². The van der Waals surface area contributed by atoms with Crippen LogP contribution in [0.1, 0.15) is 25.5 Å². The average Bonchev–Trinajstić information content (AvgIpc) is 2.36. The number of methoxy groups -OCH3 is 1. The highest BCUT2D eigenvalue weighted by Gasteiger charge is 2.36. The predicted molar refractivity (Wildman–Crippen MR) is 70.5 cm³/mol. The van der Waals surface area contributed by atoms with Crippen molar-refractivity contribution in [1.29, 1.82) is 0 Å². The summed E-state index contributed by atoms with van der Waals surface area (Å²) in [6, 6.07) is 9.72. The molecule has 0 saturated heterocycles. The fourth-order valence-corrected chi connectivity index (χ4v) is 1.81. The maximum atomic E-state index is 11.3. The zero-order chi connectivity index (χ0) is 13.8. The summed E-state index contributed by atoms with van der Waals surface area (Å²) in [6.07, 6.45) is 0. The van der Waals surface area contributed by atoms with E-state index in [1.807, 2.05) is 42.3 Å². The Kier molecular flexibility index (Phi) is 4.87. The van der Waals surface area contributed by atoms with Crippen molar-refractivity contribution in [2.75, 3.05) is 20.8 Å². The quantitative estimate of drug-likeness (QED) is 0.841. The fourth-order valence-electron chi connectivity index (χ4n) is 1.81. The van der Waals surface area contributed by atoms with E-state index in [1.54, 1.807) is 21.0 Å². The molecule has 0 aliphatic carbocycles. The lowest BCUT2D eigenvalue weighted by atomic mass is 9.97. The number of rotatable bonds is 6. The number of ether oxygens (including phenoxy) is 1. The number of aliphatic carboxylic acids is 1. The van der Waals surface area contributed by atoms with E-state index in [0.29, 0.717) is 6.61 Å². The lowest BCUT2D eigenvalue weighted by Crippen LogP contribution is -2.50. The largest absolute Gasteiger partial charge is 0.480 e. The van der Waals surface area contributed by atoms with Crippen LogP contribution in [0, 0.1) is 0 Å². The average molecular weight is 251 g/mol. The zero-order valence-electron chi connectivity index (χ0n) is 11.4. The number of carboxylic acid groups (broad SMARTS) is 1. The molecule has 100 valence electrons. The van der Waals surface area contributed by atoms with Gasteiger partial charge in [-0.1, -0.05) is 30.3 Å². The third kappa shape index (κ3) is 3.09. The third-order valence-electron chi connectivity index (χ3n) is 3.38. The summed E-state index contributed by atoms with van der Waals surface area (Å²) < 4.78 is 5.22. The highest BCUT2D eigenvalue weighted by atomic mass is 16.5. The van der Waals surface area contributed by atoms with Gasteiger partial charge in [-0.3, -0.25) is 9.69 Å². The van der Waals surface area contributed by atoms with Gasteiger partial charge in [0, 0.05) is 7.11 Å². The second-order valence-corrected chi connectivity index (χ2v) is 4.86. The summed E-state index contributed by atoms with van der Waals surface area (Å²) in [4.78, 5) is 13.1. The Labute approximate surface area is 108 Å². The van der Waals surface area contributed by atoms with Gasteiger partial charge in [-0.2, -0.15) is 0 Å². The minimum atomic E-state index is -0.945. The molecular formula is C14H21NO3. The summed E-state index contributed by atoms with van der Waals surface area (Å²) in [5.41, 5.74) is 0.107. The van der Waals surface area contributed by atoms with Crippen LogP contribution in [0.4, 0.5) is 0 Å². The SMILES string of the molecule is COCC(c1ccccc1)N(C)C(C)(C)C(=O)O. The molecule has 0 radical (unpaired) electrons. The first-order valence-corrected chi connectivity index (χ1v) is 5.91. The van der Waals surface area contributed by atoms with Gasteiger partial charge in [-0.25, -0.2) is 0 Å². The summed E-state index contributed by atoms with van der Waals surface area (Å²) >= 11 is 0. The first-order chi connectivity index (χ1) is 8.41. The molecule has 1 unspecified atom stereocenters. The fraction of sp³-hybridized carbons (Fsp3) is 0.500. The molecular weight excluding hydrogens is 230 g/mol. The van der Waals surface area contributed by atoms with E-state index in [0.717, 1.165) is 5.56 Å². The van der Waals surface area contributed by atoms with Crippen molar-refractivity contribution in [2.24, 2.45) is 0 Å². The number of likely N-dealkylation sites (N-methyl/N-ethyl adjacent to an activating group) is 1. The van der Waals surface area contributed by atoms with E-state index in [9.17, 15) is 9.90 Å². The molecule has 0 fully saturated rings. The second-order valence-electron chi connectivity index (χ2n) is 4.86. The van der Waals surface area contributed by atoms with Crippen molar-refractivity contribution in [3.05, 3.63) is 35.9 Å². The smallest absolute Gasteiger partial charge is 0.323 e. The highest BCUT2D eigenvalue weighted by molar-refractivity contribution is 5.77. The van der Waals surface area contributed by atoms with Gasteiger partial charge in [-0.15, -0.1) is 0 Å². The summed E-state index contributed by atoms with van der Waals surface area (Å²) in [5, 5.41) is 9.29. The molecule has 0 saturated carbocycles. The van der Waals surface area contributed by atoms with E-state index >= 15 is 0 Å². The zero-order valence-corrected chi connectivity index (χ0v) is 11.4. The Hall–Kier alpha value is -1.39. The molecule has 1 N–H and O–H groups in total. The number of hydrogen-bond donors (Lipinski definition) is 1. The number of carboxylic acids is 1. The molecule has 0 aromatic heterocycles. The van der Waals surface area contributed by atoms with Crippen molar-refractivity contribution in [1.82, 2.24) is 4.90 Å². The topological polar surface area (TPSA) is 49.8 Å². The minimum absolute atomic E-state index is 0.0812. The maximum absolute atomic E-state index is 11.3. The van der Waals surface area contributed by atoms with Gasteiger partial charge in [-0.05, 0) is 26.5 Å². The first kappa shape index (κ1) is 14.7. The monoisotopic (exact) mass is 251 g/mol. The van der Waals surface area contributed by atoms with Crippen LogP contribution in [0.25, 0.3) is 0 Å². The normalized spacial score (nSPS) is 13.6. The Morgan fingerprint density at radius 3 is 2.39 bits per heavy atom. The van der Waals surface area contributed by atoms with Crippen molar-refractivity contribution >= 4 is 5.97 Å². The number of hydrogen-bond acceptors (Lipinski definition) is 3.